The lowest BCUT2D eigenvalue weighted by Gasteiger charge is -2.15. The molecule has 10 nitrogen and oxygen atoms in total. The number of hydrogen-bond acceptors (Lipinski definition) is 6. The van der Waals surface area contributed by atoms with Crippen LogP contribution in [0.15, 0.2) is 76.4 Å². The summed E-state index contributed by atoms with van der Waals surface area (Å²) >= 11 is 18.2. The summed E-state index contributed by atoms with van der Waals surface area (Å²) in [7, 11) is -2.74. The van der Waals surface area contributed by atoms with Gasteiger partial charge in [0.05, 0.1) is 37.6 Å². The smallest absolute Gasteiger partial charge is 0.340 e. The van der Waals surface area contributed by atoms with Crippen LogP contribution in [-0.2, 0) is 26.6 Å². The number of ether oxygens (including phenoxy) is 1. The van der Waals surface area contributed by atoms with Crippen LogP contribution in [0.2, 0.25) is 15.1 Å². The molecular weight excluding hydrogens is 615 g/mol. The van der Waals surface area contributed by atoms with Gasteiger partial charge in [0.1, 0.15) is 5.69 Å². The Kier molecular flexibility index (Phi) is 8.83. The molecule has 14 heteroatoms. The second-order valence-corrected chi connectivity index (χ2v) is 11.8. The number of nitrogens with zero attached hydrogens (tertiary/aromatic N) is 2. The van der Waals surface area contributed by atoms with E-state index in [-0.39, 0.29) is 31.9 Å². The van der Waals surface area contributed by atoms with Crippen LogP contribution in [0.4, 0.5) is 11.4 Å². The fourth-order valence-corrected chi connectivity index (χ4v) is 5.49. The van der Waals surface area contributed by atoms with Crippen LogP contribution in [0.1, 0.15) is 23.0 Å². The Bertz CT molecular complexity index is 1820. The largest absolute Gasteiger partial charge is 0.449 e. The second kappa shape index (κ2) is 12.0. The molecule has 2 N–H and O–H groups in total. The summed E-state index contributed by atoms with van der Waals surface area (Å²) in [4.78, 5) is 38.3. The number of hydrogen-bond donors (Lipinski definition) is 2. The molecule has 214 valence electrons. The average molecular weight is 638 g/mol. The molecule has 1 aromatic heterocycles. The Morgan fingerprint density at radius 2 is 1.61 bits per heavy atom. The van der Waals surface area contributed by atoms with E-state index in [4.69, 9.17) is 39.5 Å². The van der Waals surface area contributed by atoms with Gasteiger partial charge in [0, 0.05) is 12.1 Å². The van der Waals surface area contributed by atoms with E-state index < -0.39 is 33.6 Å². The Hall–Kier alpha value is -3.77. The monoisotopic (exact) mass is 636 g/mol. The van der Waals surface area contributed by atoms with E-state index in [0.29, 0.717) is 16.4 Å². The topological polar surface area (TPSA) is 128 Å². The highest BCUT2D eigenvalue weighted by atomic mass is 35.5. The Labute approximate surface area is 250 Å². The van der Waals surface area contributed by atoms with Gasteiger partial charge < -0.3 is 10.1 Å². The standard InChI is InChI=1S/C27H23Cl3N4O6S/c1-15-24(26(36)34(33(15)3)18-7-5-4-6-8-18)32-41(38,39)19-10-12-21(29)20(14-19)27(37)40-16(2)25(35)31-23-13-17(28)9-11-22(23)30/h4-14,16,32H,1-3H3,(H,31,35)/t16-/m0/s1. The molecule has 41 heavy (non-hydrogen) atoms. The average Bonchev–Trinajstić information content (AvgIpc) is 3.13. The minimum absolute atomic E-state index is 0.109. The molecule has 0 aliphatic carbocycles. The first-order chi connectivity index (χ1) is 19.3. The van der Waals surface area contributed by atoms with Gasteiger partial charge in [-0.2, -0.15) is 0 Å². The molecule has 1 heterocycles. The van der Waals surface area contributed by atoms with Crippen LogP contribution in [-0.4, -0.2) is 35.8 Å². The number of halogens is 3. The molecule has 0 fully saturated rings. The molecule has 1 atom stereocenters. The lowest BCUT2D eigenvalue weighted by atomic mass is 10.2. The first kappa shape index (κ1) is 30.2. The van der Waals surface area contributed by atoms with Gasteiger partial charge in [0.25, 0.3) is 21.5 Å². The molecule has 4 rings (SSSR count). The molecule has 3 aromatic carbocycles. The number of sulfonamides is 1. The zero-order valence-corrected chi connectivity index (χ0v) is 24.9. The number of anilines is 2. The number of carbonyl (C=O) groups excluding carboxylic acids is 2. The summed E-state index contributed by atoms with van der Waals surface area (Å²) < 4.78 is 37.0. The van der Waals surface area contributed by atoms with E-state index in [0.717, 1.165) is 6.07 Å². The van der Waals surface area contributed by atoms with Crippen molar-refractivity contribution in [2.24, 2.45) is 7.05 Å². The highest BCUT2D eigenvalue weighted by Crippen LogP contribution is 2.27. The van der Waals surface area contributed by atoms with Gasteiger partial charge >= 0.3 is 5.97 Å². The summed E-state index contributed by atoms with van der Waals surface area (Å²) in [6.07, 6.45) is -1.31. The third kappa shape index (κ3) is 6.43. The van der Waals surface area contributed by atoms with Gasteiger partial charge in [0.2, 0.25) is 0 Å². The fourth-order valence-electron chi connectivity index (χ4n) is 3.81. The van der Waals surface area contributed by atoms with E-state index in [9.17, 15) is 22.8 Å². The SMILES string of the molecule is Cc1c(NS(=O)(=O)c2ccc(Cl)c(C(=O)O[C@@H](C)C(=O)Nc3cc(Cl)ccc3Cl)c2)c(=O)n(-c2ccccc2)n1C. The minimum Gasteiger partial charge on any atom is -0.449 e. The first-order valence-corrected chi connectivity index (χ1v) is 14.5. The van der Waals surface area contributed by atoms with E-state index in [1.807, 2.05) is 0 Å². The highest BCUT2D eigenvalue weighted by Gasteiger charge is 2.26. The quantitative estimate of drug-likeness (QED) is 0.248. The molecule has 0 radical (unpaired) electrons. The van der Waals surface area contributed by atoms with E-state index >= 15 is 0 Å². The van der Waals surface area contributed by atoms with E-state index in [1.54, 1.807) is 50.4 Å². The predicted molar refractivity (Wildman–Crippen MR) is 158 cm³/mol. The Balaban J connectivity index is 1.56. The summed E-state index contributed by atoms with van der Waals surface area (Å²) in [5, 5.41) is 2.95. The van der Waals surface area contributed by atoms with Crippen molar-refractivity contribution >= 4 is 68.1 Å². The van der Waals surface area contributed by atoms with Crippen molar-refractivity contribution in [1.82, 2.24) is 9.36 Å². The van der Waals surface area contributed by atoms with Crippen LogP contribution >= 0.6 is 34.8 Å². The maximum Gasteiger partial charge on any atom is 0.340 e. The van der Waals surface area contributed by atoms with Crippen molar-refractivity contribution in [3.05, 3.63) is 103 Å². The summed E-state index contributed by atoms with van der Waals surface area (Å²) in [5.41, 5.74) is 0.0539. The molecule has 0 saturated carbocycles. The van der Waals surface area contributed by atoms with Crippen molar-refractivity contribution in [1.29, 1.82) is 0 Å². The van der Waals surface area contributed by atoms with Gasteiger partial charge in [-0.3, -0.25) is 19.0 Å². The molecule has 0 saturated heterocycles. The molecule has 0 aliphatic heterocycles. The molecule has 0 spiro atoms. The van der Waals surface area contributed by atoms with Gasteiger partial charge in [-0.1, -0.05) is 53.0 Å². The lowest BCUT2D eigenvalue weighted by molar-refractivity contribution is -0.123. The van der Waals surface area contributed by atoms with Crippen molar-refractivity contribution in [2.75, 3.05) is 10.0 Å². The number of nitrogens with one attached hydrogen (secondary N) is 2. The number of esters is 1. The number of para-hydroxylation sites is 1. The van der Waals surface area contributed by atoms with Crippen molar-refractivity contribution < 1.29 is 22.7 Å². The van der Waals surface area contributed by atoms with Crippen LogP contribution < -0.4 is 15.6 Å². The summed E-state index contributed by atoms with van der Waals surface area (Å²) in [6, 6.07) is 16.5. The number of amides is 1. The Morgan fingerprint density at radius 1 is 0.951 bits per heavy atom. The number of rotatable bonds is 8. The van der Waals surface area contributed by atoms with Crippen molar-refractivity contribution in [3.63, 3.8) is 0 Å². The van der Waals surface area contributed by atoms with Gasteiger partial charge in [0.15, 0.2) is 6.10 Å². The molecule has 4 aromatic rings. The van der Waals surface area contributed by atoms with Crippen LogP contribution in [0, 0.1) is 6.92 Å². The van der Waals surface area contributed by atoms with Crippen LogP contribution in [0.3, 0.4) is 0 Å². The third-order valence-electron chi connectivity index (χ3n) is 6.10. The third-order valence-corrected chi connectivity index (χ3v) is 8.34. The van der Waals surface area contributed by atoms with Gasteiger partial charge in [-0.05, 0) is 62.4 Å². The van der Waals surface area contributed by atoms with Crippen molar-refractivity contribution in [2.45, 2.75) is 24.8 Å². The van der Waals surface area contributed by atoms with Gasteiger partial charge in [-0.15, -0.1) is 0 Å². The number of aromatic nitrogens is 2. The lowest BCUT2D eigenvalue weighted by Crippen LogP contribution is -2.30. The number of benzene rings is 3. The number of carbonyl (C=O) groups is 2. The van der Waals surface area contributed by atoms with Gasteiger partial charge in [-0.25, -0.2) is 17.9 Å². The summed E-state index contributed by atoms with van der Waals surface area (Å²) in [5.74, 6) is -1.76. The molecule has 0 bridgehead atoms. The maximum absolute atomic E-state index is 13.3. The summed E-state index contributed by atoms with van der Waals surface area (Å²) in [6.45, 7) is 2.91. The van der Waals surface area contributed by atoms with E-state index in [1.165, 1.54) is 40.6 Å². The first-order valence-electron chi connectivity index (χ1n) is 11.9. The van der Waals surface area contributed by atoms with E-state index in [2.05, 4.69) is 10.0 Å². The van der Waals surface area contributed by atoms with Crippen LogP contribution in [0.25, 0.3) is 5.69 Å². The molecule has 0 unspecified atom stereocenters. The molecule has 1 amide bonds. The maximum atomic E-state index is 13.3. The molecular formula is C27H23Cl3N4O6S. The highest BCUT2D eigenvalue weighted by molar-refractivity contribution is 7.92. The Morgan fingerprint density at radius 3 is 2.29 bits per heavy atom. The zero-order chi connectivity index (χ0) is 30.1. The fraction of sp³-hybridized carbons (Fsp3) is 0.148. The zero-order valence-electron chi connectivity index (χ0n) is 21.8. The molecule has 0 aliphatic rings. The second-order valence-electron chi connectivity index (χ2n) is 8.84. The normalized spacial score (nSPS) is 12.0. The minimum atomic E-state index is -4.36. The van der Waals surface area contributed by atoms with Crippen LogP contribution in [0.5, 0.6) is 0 Å². The van der Waals surface area contributed by atoms with Crippen molar-refractivity contribution in [3.8, 4) is 5.69 Å². The predicted octanol–water partition coefficient (Wildman–Crippen LogP) is 5.43.